The Kier molecular flexibility index (Phi) is 2.60. The lowest BCUT2D eigenvalue weighted by molar-refractivity contribution is -0.137. The van der Waals surface area contributed by atoms with E-state index in [9.17, 15) is 18.0 Å². The Morgan fingerprint density at radius 2 is 2.06 bits per heavy atom. The van der Waals surface area contributed by atoms with Crippen molar-refractivity contribution in [2.75, 3.05) is 17.7 Å². The molecule has 1 heterocycles. The van der Waals surface area contributed by atoms with Crippen molar-refractivity contribution < 1.29 is 22.7 Å². The molecule has 1 aromatic rings. The summed E-state index contributed by atoms with van der Waals surface area (Å²) in [4.78, 5) is 11.2. The zero-order valence-corrected chi connectivity index (χ0v) is 8.60. The molecule has 0 aromatic heterocycles. The molecule has 0 saturated heterocycles. The van der Waals surface area contributed by atoms with Crippen molar-refractivity contribution >= 4 is 17.3 Å². The molecule has 0 saturated carbocycles. The molecule has 1 aliphatic heterocycles. The number of halogens is 3. The highest BCUT2D eigenvalue weighted by atomic mass is 19.4. The van der Waals surface area contributed by atoms with E-state index in [1.165, 1.54) is 0 Å². The summed E-state index contributed by atoms with van der Waals surface area (Å²) in [7, 11) is 0. The van der Waals surface area contributed by atoms with Gasteiger partial charge in [0.05, 0.1) is 30.0 Å². The third kappa shape index (κ3) is 2.27. The Balaban J connectivity index is 2.52. The van der Waals surface area contributed by atoms with Crippen LogP contribution in [0.15, 0.2) is 12.1 Å². The van der Waals surface area contributed by atoms with Gasteiger partial charge < -0.3 is 15.8 Å². The second kappa shape index (κ2) is 3.83. The number of nitrogens with one attached hydrogen (secondary N) is 1. The first kappa shape index (κ1) is 11.6. The first-order valence-electron chi connectivity index (χ1n) is 4.81. The molecule has 0 unspecified atom stereocenters. The summed E-state index contributed by atoms with van der Waals surface area (Å²) in [5, 5.41) is 2.33. The van der Waals surface area contributed by atoms with Crippen LogP contribution in [0.1, 0.15) is 12.0 Å². The van der Waals surface area contributed by atoms with Crippen LogP contribution in [0, 0.1) is 0 Å². The number of benzene rings is 1. The quantitative estimate of drug-likeness (QED) is 0.688. The van der Waals surface area contributed by atoms with Gasteiger partial charge in [-0.15, -0.1) is 0 Å². The molecule has 3 N–H and O–H groups in total. The Hall–Kier alpha value is -1.92. The summed E-state index contributed by atoms with van der Waals surface area (Å²) in [6, 6.07) is 1.60. The molecule has 0 aliphatic carbocycles. The zero-order valence-electron chi connectivity index (χ0n) is 8.60. The maximum Gasteiger partial charge on any atom is 0.416 e. The number of alkyl halides is 3. The average molecular weight is 246 g/mol. The van der Waals surface area contributed by atoms with E-state index in [0.29, 0.717) is 0 Å². The number of carbonyl (C=O) groups is 1. The second-order valence-electron chi connectivity index (χ2n) is 3.59. The van der Waals surface area contributed by atoms with Crippen molar-refractivity contribution in [1.29, 1.82) is 0 Å². The van der Waals surface area contributed by atoms with Crippen LogP contribution < -0.4 is 15.8 Å². The van der Waals surface area contributed by atoms with Gasteiger partial charge >= 0.3 is 6.18 Å². The number of hydrogen-bond donors (Lipinski definition) is 2. The highest BCUT2D eigenvalue weighted by Gasteiger charge is 2.33. The number of amides is 1. The van der Waals surface area contributed by atoms with E-state index < -0.39 is 17.6 Å². The minimum absolute atomic E-state index is 0.0418. The van der Waals surface area contributed by atoms with Crippen LogP contribution >= 0.6 is 0 Å². The van der Waals surface area contributed by atoms with Crippen LogP contribution in [0.4, 0.5) is 24.5 Å². The van der Waals surface area contributed by atoms with Crippen molar-refractivity contribution in [3.05, 3.63) is 17.7 Å². The normalized spacial score (nSPS) is 15.6. The van der Waals surface area contributed by atoms with Gasteiger partial charge in [0.1, 0.15) is 0 Å². The number of carbonyl (C=O) groups excluding carboxylic acids is 1. The standard InChI is InChI=1S/C10H9F3N2O2/c11-10(12,13)5-3-6(14)9-7(4-5)15-8(16)1-2-17-9/h3-4H,1-2,14H2,(H,15,16). The van der Waals surface area contributed by atoms with Crippen LogP contribution in [0.25, 0.3) is 0 Å². The number of hydrogen-bond acceptors (Lipinski definition) is 3. The molecule has 0 radical (unpaired) electrons. The van der Waals surface area contributed by atoms with Gasteiger partial charge in [-0.05, 0) is 12.1 Å². The SMILES string of the molecule is Nc1cc(C(F)(F)F)cc2c1OCCC(=O)N2. The molecule has 2 rings (SSSR count). The van der Waals surface area contributed by atoms with Gasteiger partial charge in [-0.25, -0.2) is 0 Å². The maximum absolute atomic E-state index is 12.5. The molecule has 1 aliphatic rings. The minimum atomic E-state index is -4.51. The number of ether oxygens (including phenoxy) is 1. The summed E-state index contributed by atoms with van der Waals surface area (Å²) in [5.74, 6) is -0.314. The third-order valence-corrected chi connectivity index (χ3v) is 2.29. The second-order valence-corrected chi connectivity index (χ2v) is 3.59. The predicted molar refractivity (Wildman–Crippen MR) is 54.6 cm³/mol. The van der Waals surface area contributed by atoms with Crippen LogP contribution in [-0.4, -0.2) is 12.5 Å². The van der Waals surface area contributed by atoms with Gasteiger partial charge in [-0.2, -0.15) is 13.2 Å². The smallest absolute Gasteiger partial charge is 0.416 e. The van der Waals surface area contributed by atoms with Crippen LogP contribution in [0.5, 0.6) is 5.75 Å². The molecular formula is C10H9F3N2O2. The number of anilines is 2. The summed E-state index contributed by atoms with van der Waals surface area (Å²) in [5.41, 5.74) is 4.38. The van der Waals surface area contributed by atoms with Crippen molar-refractivity contribution in [2.24, 2.45) is 0 Å². The van der Waals surface area contributed by atoms with E-state index >= 15 is 0 Å². The molecule has 1 amide bonds. The Bertz CT molecular complexity index is 471. The fourth-order valence-electron chi connectivity index (χ4n) is 1.53. The molecule has 0 spiro atoms. The lowest BCUT2D eigenvalue weighted by Crippen LogP contribution is -2.12. The minimum Gasteiger partial charge on any atom is -0.489 e. The van der Waals surface area contributed by atoms with E-state index in [1.807, 2.05) is 0 Å². The molecule has 1 aromatic carbocycles. The summed E-state index contributed by atoms with van der Waals surface area (Å²) < 4.78 is 42.7. The van der Waals surface area contributed by atoms with Crippen LogP contribution in [0.3, 0.4) is 0 Å². The zero-order chi connectivity index (χ0) is 12.6. The van der Waals surface area contributed by atoms with Gasteiger partial charge in [0, 0.05) is 0 Å². The van der Waals surface area contributed by atoms with Crippen molar-refractivity contribution in [3.8, 4) is 5.75 Å². The molecule has 4 nitrogen and oxygen atoms in total. The van der Waals surface area contributed by atoms with Crippen LogP contribution in [0.2, 0.25) is 0 Å². The lowest BCUT2D eigenvalue weighted by atomic mass is 10.1. The summed E-state index contributed by atoms with van der Waals surface area (Å²) >= 11 is 0. The maximum atomic E-state index is 12.5. The molecule has 92 valence electrons. The molecule has 0 bridgehead atoms. The first-order valence-corrected chi connectivity index (χ1v) is 4.81. The van der Waals surface area contributed by atoms with Gasteiger partial charge in [-0.3, -0.25) is 4.79 Å². The summed E-state index contributed by atoms with van der Waals surface area (Å²) in [6.07, 6.45) is -4.43. The number of nitrogen functional groups attached to an aromatic ring is 1. The van der Waals surface area contributed by atoms with E-state index in [4.69, 9.17) is 10.5 Å². The topological polar surface area (TPSA) is 64.3 Å². The lowest BCUT2D eigenvalue weighted by Gasteiger charge is -2.14. The van der Waals surface area contributed by atoms with Crippen molar-refractivity contribution in [2.45, 2.75) is 12.6 Å². The highest BCUT2D eigenvalue weighted by Crippen LogP contribution is 2.40. The monoisotopic (exact) mass is 246 g/mol. The van der Waals surface area contributed by atoms with Crippen molar-refractivity contribution in [3.63, 3.8) is 0 Å². The molecule has 0 fully saturated rings. The van der Waals surface area contributed by atoms with E-state index in [-0.39, 0.29) is 30.2 Å². The van der Waals surface area contributed by atoms with Crippen LogP contribution in [-0.2, 0) is 11.0 Å². The largest absolute Gasteiger partial charge is 0.489 e. The fraction of sp³-hybridized carbons (Fsp3) is 0.300. The molecule has 0 atom stereocenters. The van der Waals surface area contributed by atoms with Gasteiger partial charge in [0.2, 0.25) is 5.91 Å². The number of rotatable bonds is 0. The Labute approximate surface area is 94.5 Å². The van der Waals surface area contributed by atoms with Gasteiger partial charge in [0.25, 0.3) is 0 Å². The molecule has 7 heteroatoms. The number of fused-ring (bicyclic) bond motifs is 1. The first-order chi connectivity index (χ1) is 7.88. The Morgan fingerprint density at radius 3 is 2.71 bits per heavy atom. The van der Waals surface area contributed by atoms with E-state index in [1.54, 1.807) is 0 Å². The highest BCUT2D eigenvalue weighted by molar-refractivity contribution is 5.94. The third-order valence-electron chi connectivity index (χ3n) is 2.29. The Morgan fingerprint density at radius 1 is 1.35 bits per heavy atom. The predicted octanol–water partition coefficient (Wildman–Crippen LogP) is 2.01. The summed E-state index contributed by atoms with van der Waals surface area (Å²) in [6.45, 7) is 0.0917. The average Bonchev–Trinajstić information content (AvgIpc) is 2.37. The fourth-order valence-corrected chi connectivity index (χ4v) is 1.53. The van der Waals surface area contributed by atoms with E-state index in [0.717, 1.165) is 12.1 Å². The van der Waals surface area contributed by atoms with Crippen molar-refractivity contribution in [1.82, 2.24) is 0 Å². The molecular weight excluding hydrogens is 237 g/mol. The van der Waals surface area contributed by atoms with Gasteiger partial charge in [0.15, 0.2) is 5.75 Å². The molecule has 17 heavy (non-hydrogen) atoms. The number of nitrogens with two attached hydrogens (primary N) is 1. The van der Waals surface area contributed by atoms with E-state index in [2.05, 4.69) is 5.32 Å². The van der Waals surface area contributed by atoms with Gasteiger partial charge in [-0.1, -0.05) is 0 Å².